The van der Waals surface area contributed by atoms with Gasteiger partial charge in [0.15, 0.2) is 0 Å². The van der Waals surface area contributed by atoms with Crippen molar-refractivity contribution in [3.05, 3.63) is 54.4 Å². The molecule has 22 heavy (non-hydrogen) atoms. The Morgan fingerprint density at radius 3 is 1.91 bits per heavy atom. The van der Waals surface area contributed by atoms with Gasteiger partial charge in [-0.15, -0.1) is 0 Å². The number of unbranched alkanes of at least 4 members (excludes halogenated alkanes) is 1. The van der Waals surface area contributed by atoms with Gasteiger partial charge in [-0.25, -0.2) is 15.0 Å². The van der Waals surface area contributed by atoms with E-state index in [2.05, 4.69) is 73.0 Å². The highest BCUT2D eigenvalue weighted by molar-refractivity contribution is 5.23. The van der Waals surface area contributed by atoms with Crippen LogP contribution in [0.4, 0.5) is 0 Å². The van der Waals surface area contributed by atoms with Crippen molar-refractivity contribution in [3.8, 4) is 0 Å². The predicted molar refractivity (Wildman–Crippen MR) is 90.8 cm³/mol. The van der Waals surface area contributed by atoms with Crippen LogP contribution >= 0.6 is 0 Å². The van der Waals surface area contributed by atoms with Crippen molar-refractivity contribution >= 4 is 0 Å². The Morgan fingerprint density at radius 1 is 0.773 bits per heavy atom. The molecule has 0 aliphatic rings. The van der Waals surface area contributed by atoms with Gasteiger partial charge < -0.3 is 0 Å². The summed E-state index contributed by atoms with van der Waals surface area (Å²) in [7, 11) is 0. The number of benzene rings is 1. The summed E-state index contributed by atoms with van der Waals surface area (Å²) in [4.78, 5) is 12.5. The molecule has 3 heteroatoms. The molecule has 2 rings (SSSR count). The summed E-state index contributed by atoms with van der Waals surface area (Å²) in [6.07, 6.45) is 7.88. The molecular weight excluding hydrogens is 270 g/mol. The van der Waals surface area contributed by atoms with Crippen molar-refractivity contribution in [2.75, 3.05) is 0 Å². The first-order valence-corrected chi connectivity index (χ1v) is 8.10. The van der Waals surface area contributed by atoms with E-state index in [1.54, 1.807) is 12.7 Å². The van der Waals surface area contributed by atoms with Crippen LogP contribution in [-0.2, 0) is 10.8 Å². The van der Waals surface area contributed by atoms with Crippen LogP contribution in [0.3, 0.4) is 0 Å². The van der Waals surface area contributed by atoms with Gasteiger partial charge in [0.05, 0.1) is 0 Å². The zero-order valence-electron chi connectivity index (χ0n) is 14.2. The maximum absolute atomic E-state index is 4.30. The monoisotopic (exact) mass is 297 g/mol. The van der Waals surface area contributed by atoms with Crippen LogP contribution in [-0.4, -0.2) is 15.0 Å². The summed E-state index contributed by atoms with van der Waals surface area (Å²) in [5.41, 5.74) is 1.67. The Bertz CT molecular complexity index is 508. The lowest BCUT2D eigenvalue weighted by Gasteiger charge is -2.27. The van der Waals surface area contributed by atoms with E-state index in [1.165, 1.54) is 24.8 Å². The summed E-state index contributed by atoms with van der Waals surface area (Å²) >= 11 is 0. The highest BCUT2D eigenvalue weighted by Crippen LogP contribution is 2.31. The first-order chi connectivity index (χ1) is 10.4. The van der Waals surface area contributed by atoms with Crippen LogP contribution in [0.5, 0.6) is 0 Å². The number of rotatable bonds is 7. The van der Waals surface area contributed by atoms with Crippen molar-refractivity contribution in [2.24, 2.45) is 0 Å². The molecule has 0 fully saturated rings. The third-order valence-corrected chi connectivity index (χ3v) is 4.51. The van der Waals surface area contributed by atoms with Crippen molar-refractivity contribution < 1.29 is 0 Å². The van der Waals surface area contributed by atoms with Gasteiger partial charge in [0, 0.05) is 5.41 Å². The number of hydrogen-bond donors (Lipinski definition) is 0. The van der Waals surface area contributed by atoms with Gasteiger partial charge in [0.25, 0.3) is 0 Å². The molecule has 1 aromatic carbocycles. The van der Waals surface area contributed by atoms with Crippen LogP contribution in [0.1, 0.15) is 64.8 Å². The van der Waals surface area contributed by atoms with Crippen molar-refractivity contribution in [2.45, 2.75) is 64.2 Å². The molecule has 118 valence electrons. The lowest BCUT2D eigenvalue weighted by molar-refractivity contribution is 0.391. The first-order valence-electron chi connectivity index (χ1n) is 8.10. The summed E-state index contributed by atoms with van der Waals surface area (Å²) in [6, 6.07) is 10.8. The Morgan fingerprint density at radius 2 is 1.32 bits per heavy atom. The smallest absolute Gasteiger partial charge is 0.137 e. The minimum absolute atomic E-state index is 0.0137. The van der Waals surface area contributed by atoms with Gasteiger partial charge >= 0.3 is 0 Å². The van der Waals surface area contributed by atoms with Gasteiger partial charge in [-0.05, 0) is 23.8 Å². The third-order valence-electron chi connectivity index (χ3n) is 4.51. The lowest BCUT2D eigenvalue weighted by Crippen LogP contribution is -2.21. The number of aromatic nitrogens is 3. The molecule has 3 nitrogen and oxygen atoms in total. The highest BCUT2D eigenvalue weighted by Gasteiger charge is 2.24. The van der Waals surface area contributed by atoms with Crippen molar-refractivity contribution in [1.82, 2.24) is 15.0 Å². The second kappa shape index (κ2) is 6.99. The number of nitrogens with zero attached hydrogens (tertiary/aromatic N) is 3. The largest absolute Gasteiger partial charge is 0.225 e. The molecule has 2 aromatic rings. The van der Waals surface area contributed by atoms with E-state index in [1.807, 2.05) is 0 Å². The molecule has 0 amide bonds. The van der Waals surface area contributed by atoms with Gasteiger partial charge in [0.1, 0.15) is 18.5 Å². The van der Waals surface area contributed by atoms with E-state index in [-0.39, 0.29) is 10.8 Å². The van der Waals surface area contributed by atoms with E-state index < -0.39 is 0 Å². The summed E-state index contributed by atoms with van der Waals surface area (Å²) < 4.78 is 0. The quantitative estimate of drug-likeness (QED) is 0.696. The van der Waals surface area contributed by atoms with E-state index >= 15 is 0 Å². The summed E-state index contributed by atoms with van der Waals surface area (Å²) in [6.45, 7) is 9.09. The molecule has 0 aliphatic carbocycles. The van der Waals surface area contributed by atoms with Gasteiger partial charge in [-0.3, -0.25) is 0 Å². The molecule has 0 spiro atoms. The molecule has 0 radical (unpaired) electrons. The molecular formula is C19H27N3. The van der Waals surface area contributed by atoms with E-state index in [0.29, 0.717) is 0 Å². The van der Waals surface area contributed by atoms with Crippen LogP contribution in [0.2, 0.25) is 0 Å². The molecule has 0 saturated carbocycles. The molecule has 0 aliphatic heterocycles. The summed E-state index contributed by atoms with van der Waals surface area (Å²) in [5, 5.41) is 0. The molecule has 0 saturated heterocycles. The maximum atomic E-state index is 4.30. The van der Waals surface area contributed by atoms with E-state index in [0.717, 1.165) is 12.2 Å². The lowest BCUT2D eigenvalue weighted by atomic mass is 9.78. The van der Waals surface area contributed by atoms with Gasteiger partial charge in [-0.2, -0.15) is 0 Å². The fourth-order valence-electron chi connectivity index (χ4n) is 2.87. The average Bonchev–Trinajstić information content (AvgIpc) is 2.53. The van der Waals surface area contributed by atoms with Crippen LogP contribution in [0, 0.1) is 0 Å². The molecule has 0 atom stereocenters. The summed E-state index contributed by atoms with van der Waals surface area (Å²) in [5.74, 6) is 0.893. The van der Waals surface area contributed by atoms with Gasteiger partial charge in [-0.1, -0.05) is 70.9 Å². The molecule has 1 aromatic heterocycles. The molecule has 0 N–H and O–H groups in total. The minimum atomic E-state index is 0.0137. The molecule has 0 unspecified atom stereocenters. The zero-order valence-corrected chi connectivity index (χ0v) is 14.2. The average molecular weight is 297 g/mol. The predicted octanol–water partition coefficient (Wildman–Crippen LogP) is 4.69. The minimum Gasteiger partial charge on any atom is -0.225 e. The first kappa shape index (κ1) is 16.6. The van der Waals surface area contributed by atoms with Crippen LogP contribution in [0.15, 0.2) is 43.0 Å². The Balaban J connectivity index is 1.84. The highest BCUT2D eigenvalue weighted by atomic mass is 15.0. The SMILES string of the molecule is CC(C)(CCCCC(C)(C)c1ncncn1)c1ccccc1. The standard InChI is InChI=1S/C19H27N3/c1-18(2,16-10-6-5-7-11-16)12-8-9-13-19(3,4)17-21-14-20-15-22-17/h5-7,10-11,14-15H,8-9,12-13H2,1-4H3. The van der Waals surface area contributed by atoms with E-state index in [4.69, 9.17) is 0 Å². The Labute approximate surface area is 134 Å². The van der Waals surface area contributed by atoms with Crippen LogP contribution in [0.25, 0.3) is 0 Å². The van der Waals surface area contributed by atoms with Crippen molar-refractivity contribution in [3.63, 3.8) is 0 Å². The van der Waals surface area contributed by atoms with Gasteiger partial charge in [0.2, 0.25) is 0 Å². The van der Waals surface area contributed by atoms with Crippen molar-refractivity contribution in [1.29, 1.82) is 0 Å². The molecule has 1 heterocycles. The maximum Gasteiger partial charge on any atom is 0.137 e. The molecule has 0 bridgehead atoms. The van der Waals surface area contributed by atoms with Crippen LogP contribution < -0.4 is 0 Å². The third kappa shape index (κ3) is 4.36. The second-order valence-electron chi connectivity index (χ2n) is 7.30. The Kier molecular flexibility index (Phi) is 5.28. The topological polar surface area (TPSA) is 38.7 Å². The van der Waals surface area contributed by atoms with E-state index in [9.17, 15) is 0 Å². The Hall–Kier alpha value is -1.77. The number of hydrogen-bond acceptors (Lipinski definition) is 3. The fourth-order valence-corrected chi connectivity index (χ4v) is 2.87. The zero-order chi connectivity index (χ0) is 16.1. The normalized spacial score (nSPS) is 12.4. The fraction of sp³-hybridized carbons (Fsp3) is 0.526. The second-order valence-corrected chi connectivity index (χ2v) is 7.30.